The molecule has 0 radical (unpaired) electrons. The van der Waals surface area contributed by atoms with Gasteiger partial charge in [0.05, 0.1) is 6.10 Å². The normalized spacial score (nSPS) is 20.2. The number of hydrogen-bond donors (Lipinski definition) is 2. The Kier molecular flexibility index (Phi) is 6.57. The van der Waals surface area contributed by atoms with Crippen molar-refractivity contribution in [1.29, 1.82) is 0 Å². The van der Waals surface area contributed by atoms with Crippen LogP contribution in [0.15, 0.2) is 0 Å². The highest BCUT2D eigenvalue weighted by Crippen LogP contribution is 2.36. The lowest BCUT2D eigenvalue weighted by molar-refractivity contribution is 0.0151. The molecule has 1 aliphatic rings. The van der Waals surface area contributed by atoms with Crippen LogP contribution in [0.1, 0.15) is 32.6 Å². The largest absolute Gasteiger partial charge is 0.390 e. The van der Waals surface area contributed by atoms with Gasteiger partial charge in [-0.05, 0) is 53.4 Å². The molecule has 1 rings (SSSR count). The molecule has 1 saturated carbocycles. The quantitative estimate of drug-likeness (QED) is 0.598. The molecule has 4 nitrogen and oxygen atoms in total. The summed E-state index contributed by atoms with van der Waals surface area (Å²) in [6, 6.07) is 0. The van der Waals surface area contributed by atoms with Crippen LogP contribution in [0.3, 0.4) is 0 Å². The Morgan fingerprint density at radius 3 is 2.39 bits per heavy atom. The van der Waals surface area contributed by atoms with E-state index in [9.17, 15) is 5.11 Å². The highest BCUT2D eigenvalue weighted by molar-refractivity contribution is 4.98. The summed E-state index contributed by atoms with van der Waals surface area (Å²) >= 11 is 0. The molecule has 0 saturated heterocycles. The third kappa shape index (κ3) is 4.50. The van der Waals surface area contributed by atoms with Gasteiger partial charge in [-0.15, -0.1) is 0 Å². The molecule has 0 aromatic rings. The van der Waals surface area contributed by atoms with Crippen LogP contribution in [0, 0.1) is 0 Å². The Bertz CT molecular complexity index is 229. The number of hydrogen-bond acceptors (Lipinski definition) is 4. The summed E-state index contributed by atoms with van der Waals surface area (Å²) in [5.74, 6) is 0. The van der Waals surface area contributed by atoms with E-state index in [2.05, 4.69) is 43.2 Å². The minimum Gasteiger partial charge on any atom is -0.390 e. The number of aliphatic hydroxyl groups excluding tert-OH is 1. The second kappa shape index (κ2) is 7.43. The van der Waals surface area contributed by atoms with Gasteiger partial charge in [-0.3, -0.25) is 0 Å². The fourth-order valence-corrected chi connectivity index (χ4v) is 2.77. The van der Waals surface area contributed by atoms with E-state index >= 15 is 0 Å². The first-order valence-corrected chi connectivity index (χ1v) is 7.25. The maximum Gasteiger partial charge on any atom is 0.0791 e. The molecule has 18 heavy (non-hydrogen) atoms. The van der Waals surface area contributed by atoms with Crippen LogP contribution in [0.25, 0.3) is 0 Å². The van der Waals surface area contributed by atoms with E-state index in [1.807, 2.05) is 0 Å². The molecule has 1 atom stereocenters. The zero-order valence-corrected chi connectivity index (χ0v) is 12.6. The first-order valence-electron chi connectivity index (χ1n) is 7.25. The highest BCUT2D eigenvalue weighted by atomic mass is 16.3. The van der Waals surface area contributed by atoms with Crippen molar-refractivity contribution < 1.29 is 5.11 Å². The van der Waals surface area contributed by atoms with E-state index in [0.717, 1.165) is 26.1 Å². The van der Waals surface area contributed by atoms with Crippen molar-refractivity contribution >= 4 is 0 Å². The lowest BCUT2D eigenvalue weighted by Gasteiger charge is -2.49. The second-order valence-corrected chi connectivity index (χ2v) is 6.03. The summed E-state index contributed by atoms with van der Waals surface area (Å²) in [6.07, 6.45) is 4.77. The zero-order chi connectivity index (χ0) is 13.6. The average Bonchev–Trinajstić information content (AvgIpc) is 2.23. The molecular formula is C14H31N3O. The van der Waals surface area contributed by atoms with Gasteiger partial charge in [-0.1, -0.05) is 6.92 Å². The molecule has 0 aromatic heterocycles. The van der Waals surface area contributed by atoms with Gasteiger partial charge in [0, 0.05) is 25.2 Å². The van der Waals surface area contributed by atoms with Gasteiger partial charge in [0.25, 0.3) is 0 Å². The van der Waals surface area contributed by atoms with Crippen molar-refractivity contribution in [3.63, 3.8) is 0 Å². The summed E-state index contributed by atoms with van der Waals surface area (Å²) in [5.41, 5.74) is 0.352. The van der Waals surface area contributed by atoms with E-state index in [1.54, 1.807) is 0 Å². The van der Waals surface area contributed by atoms with Gasteiger partial charge in [-0.2, -0.15) is 0 Å². The Hall–Kier alpha value is -0.160. The van der Waals surface area contributed by atoms with Gasteiger partial charge < -0.3 is 20.2 Å². The lowest BCUT2D eigenvalue weighted by atomic mass is 9.75. The van der Waals surface area contributed by atoms with Crippen LogP contribution in [-0.4, -0.2) is 73.9 Å². The molecule has 4 heteroatoms. The molecule has 0 spiro atoms. The van der Waals surface area contributed by atoms with Crippen LogP contribution in [0.2, 0.25) is 0 Å². The third-order valence-corrected chi connectivity index (χ3v) is 4.13. The molecule has 2 N–H and O–H groups in total. The van der Waals surface area contributed by atoms with Gasteiger partial charge in [0.2, 0.25) is 0 Å². The van der Waals surface area contributed by atoms with E-state index < -0.39 is 0 Å². The van der Waals surface area contributed by atoms with Gasteiger partial charge in [0.1, 0.15) is 0 Å². The van der Waals surface area contributed by atoms with Crippen molar-refractivity contribution in [3.05, 3.63) is 0 Å². The van der Waals surface area contributed by atoms with Crippen LogP contribution in [0.5, 0.6) is 0 Å². The molecule has 0 bridgehead atoms. The molecule has 1 fully saturated rings. The molecule has 108 valence electrons. The number of aliphatic hydroxyl groups is 1. The summed E-state index contributed by atoms with van der Waals surface area (Å²) < 4.78 is 0. The lowest BCUT2D eigenvalue weighted by Crippen LogP contribution is -2.57. The highest BCUT2D eigenvalue weighted by Gasteiger charge is 2.39. The van der Waals surface area contributed by atoms with Crippen LogP contribution in [-0.2, 0) is 0 Å². The fourth-order valence-electron chi connectivity index (χ4n) is 2.77. The smallest absolute Gasteiger partial charge is 0.0791 e. The van der Waals surface area contributed by atoms with Crippen molar-refractivity contribution in [3.8, 4) is 0 Å². The Balaban J connectivity index is 2.25. The van der Waals surface area contributed by atoms with Crippen molar-refractivity contribution in [2.75, 3.05) is 47.3 Å². The molecule has 1 aliphatic carbocycles. The van der Waals surface area contributed by atoms with Crippen LogP contribution >= 0.6 is 0 Å². The number of rotatable bonds is 9. The zero-order valence-electron chi connectivity index (χ0n) is 12.6. The predicted octanol–water partition coefficient (Wildman–Crippen LogP) is 0.763. The SMILES string of the molecule is CCCNCC(O)CN(C)CC1(N(C)C)CCC1. The van der Waals surface area contributed by atoms with Crippen molar-refractivity contribution in [2.24, 2.45) is 0 Å². The van der Waals surface area contributed by atoms with E-state index in [1.165, 1.54) is 19.3 Å². The summed E-state index contributed by atoms with van der Waals surface area (Å²) in [7, 11) is 6.46. The summed E-state index contributed by atoms with van der Waals surface area (Å²) in [4.78, 5) is 4.63. The minimum atomic E-state index is -0.263. The Morgan fingerprint density at radius 2 is 1.94 bits per heavy atom. The number of likely N-dealkylation sites (N-methyl/N-ethyl adjacent to an activating group) is 2. The molecule has 0 amide bonds. The first kappa shape index (κ1) is 15.9. The van der Waals surface area contributed by atoms with Gasteiger partial charge in [-0.25, -0.2) is 0 Å². The molecular weight excluding hydrogens is 226 g/mol. The predicted molar refractivity (Wildman–Crippen MR) is 76.9 cm³/mol. The number of nitrogens with zero attached hydrogens (tertiary/aromatic N) is 2. The van der Waals surface area contributed by atoms with Gasteiger partial charge in [0.15, 0.2) is 0 Å². The maximum atomic E-state index is 9.95. The second-order valence-electron chi connectivity index (χ2n) is 6.03. The summed E-state index contributed by atoms with van der Waals surface area (Å²) in [5, 5.41) is 13.2. The molecule has 0 heterocycles. The van der Waals surface area contributed by atoms with Crippen LogP contribution < -0.4 is 5.32 Å². The fraction of sp³-hybridized carbons (Fsp3) is 1.00. The standard InChI is InChI=1S/C14H31N3O/c1-5-9-15-10-13(18)11-17(4)12-14(16(2)3)7-6-8-14/h13,15,18H,5-12H2,1-4H3. The van der Waals surface area contributed by atoms with Gasteiger partial charge >= 0.3 is 0 Å². The van der Waals surface area contributed by atoms with E-state index in [-0.39, 0.29) is 6.10 Å². The maximum absolute atomic E-state index is 9.95. The van der Waals surface area contributed by atoms with E-state index in [0.29, 0.717) is 12.1 Å². The summed E-state index contributed by atoms with van der Waals surface area (Å²) in [6.45, 7) is 5.65. The molecule has 0 aliphatic heterocycles. The molecule has 0 aromatic carbocycles. The first-order chi connectivity index (χ1) is 8.50. The Labute approximate surface area is 112 Å². The topological polar surface area (TPSA) is 38.7 Å². The monoisotopic (exact) mass is 257 g/mol. The minimum absolute atomic E-state index is 0.263. The molecule has 1 unspecified atom stereocenters. The van der Waals surface area contributed by atoms with Crippen molar-refractivity contribution in [1.82, 2.24) is 15.1 Å². The van der Waals surface area contributed by atoms with Crippen LogP contribution in [0.4, 0.5) is 0 Å². The third-order valence-electron chi connectivity index (χ3n) is 4.13. The number of nitrogens with one attached hydrogen (secondary N) is 1. The Morgan fingerprint density at radius 1 is 1.28 bits per heavy atom. The van der Waals surface area contributed by atoms with Crippen molar-refractivity contribution in [2.45, 2.75) is 44.2 Å². The van der Waals surface area contributed by atoms with E-state index in [4.69, 9.17) is 0 Å². The average molecular weight is 257 g/mol.